The molecular formula is C22H23N7O. The Morgan fingerprint density at radius 2 is 2.03 bits per heavy atom. The lowest BCUT2D eigenvalue weighted by Crippen LogP contribution is -2.29. The van der Waals surface area contributed by atoms with Crippen LogP contribution in [0.15, 0.2) is 41.5 Å². The van der Waals surface area contributed by atoms with Crippen molar-refractivity contribution in [3.63, 3.8) is 0 Å². The van der Waals surface area contributed by atoms with Crippen LogP contribution in [0.5, 0.6) is 0 Å². The zero-order valence-corrected chi connectivity index (χ0v) is 17.2. The summed E-state index contributed by atoms with van der Waals surface area (Å²) in [4.78, 5) is 27.0. The van der Waals surface area contributed by atoms with Gasteiger partial charge in [0.1, 0.15) is 5.69 Å². The number of hydrogen-bond acceptors (Lipinski definition) is 6. The highest BCUT2D eigenvalue weighted by Crippen LogP contribution is 2.30. The van der Waals surface area contributed by atoms with E-state index >= 15 is 0 Å². The largest absolute Gasteiger partial charge is 0.324 e. The molecule has 8 heteroatoms. The van der Waals surface area contributed by atoms with Gasteiger partial charge in [-0.15, -0.1) is 0 Å². The molecule has 0 amide bonds. The molecule has 1 aliphatic heterocycles. The van der Waals surface area contributed by atoms with Crippen molar-refractivity contribution in [2.75, 3.05) is 18.9 Å². The Morgan fingerprint density at radius 1 is 1.17 bits per heavy atom. The molecule has 0 atom stereocenters. The maximum Gasteiger partial charge on any atom is 0.271 e. The van der Waals surface area contributed by atoms with E-state index in [1.807, 2.05) is 49.1 Å². The normalized spacial score (nSPS) is 14.1. The molecule has 0 radical (unpaired) electrons. The van der Waals surface area contributed by atoms with Crippen molar-refractivity contribution < 1.29 is 0 Å². The van der Waals surface area contributed by atoms with E-state index in [9.17, 15) is 4.79 Å². The van der Waals surface area contributed by atoms with E-state index < -0.39 is 0 Å². The summed E-state index contributed by atoms with van der Waals surface area (Å²) >= 11 is 0. The van der Waals surface area contributed by atoms with Gasteiger partial charge in [-0.05, 0) is 25.6 Å². The van der Waals surface area contributed by atoms with Gasteiger partial charge in [-0.3, -0.25) is 9.48 Å². The second-order valence-electron chi connectivity index (χ2n) is 7.83. The quantitative estimate of drug-likeness (QED) is 0.549. The molecule has 0 aliphatic carbocycles. The van der Waals surface area contributed by atoms with Crippen LogP contribution in [0.2, 0.25) is 0 Å². The summed E-state index contributed by atoms with van der Waals surface area (Å²) in [6.07, 6.45) is 4.48. The van der Waals surface area contributed by atoms with Gasteiger partial charge in [-0.1, -0.05) is 18.2 Å². The Kier molecular flexibility index (Phi) is 4.36. The number of aromatic nitrogens is 5. The molecule has 4 aromatic rings. The monoisotopic (exact) mass is 401 g/mol. The number of nitrogens with zero attached hydrogens (tertiary/aromatic N) is 5. The molecular weight excluding hydrogens is 378 g/mol. The van der Waals surface area contributed by atoms with Gasteiger partial charge in [-0.25, -0.2) is 9.97 Å². The van der Waals surface area contributed by atoms with Crippen LogP contribution in [0, 0.1) is 6.92 Å². The van der Waals surface area contributed by atoms with Crippen LogP contribution in [-0.4, -0.2) is 43.2 Å². The first kappa shape index (κ1) is 18.5. The van der Waals surface area contributed by atoms with Crippen molar-refractivity contribution in [3.05, 3.63) is 64.0 Å². The summed E-state index contributed by atoms with van der Waals surface area (Å²) in [6, 6.07) is 7.92. The van der Waals surface area contributed by atoms with Crippen molar-refractivity contribution in [1.82, 2.24) is 29.6 Å². The summed E-state index contributed by atoms with van der Waals surface area (Å²) in [6.45, 7) is 3.79. The fourth-order valence-corrected chi connectivity index (χ4v) is 3.96. The molecule has 0 saturated carbocycles. The van der Waals surface area contributed by atoms with Gasteiger partial charge >= 0.3 is 0 Å². The molecule has 1 aromatic carbocycles. The molecule has 0 bridgehead atoms. The average Bonchev–Trinajstić information content (AvgIpc) is 3.07. The molecule has 152 valence electrons. The predicted octanol–water partition coefficient (Wildman–Crippen LogP) is 2.76. The molecule has 1 aliphatic rings. The second-order valence-corrected chi connectivity index (χ2v) is 7.83. The van der Waals surface area contributed by atoms with E-state index in [1.165, 1.54) is 0 Å². The lowest BCUT2D eigenvalue weighted by molar-refractivity contribution is 0.310. The number of aryl methyl sites for hydroxylation is 1. The molecule has 30 heavy (non-hydrogen) atoms. The van der Waals surface area contributed by atoms with E-state index in [4.69, 9.17) is 4.98 Å². The standard InChI is InChI=1S/C22H23N7O/c1-13-17(11-24-29(13)3)16-6-4-5-14-10-23-22(27-20(14)16)26-19-9-15-12-28(2)8-7-18(15)25-21(19)30/h4-6,9-11H,7-8,12H2,1-3H3,(H,25,30)(H,23,26,27). The summed E-state index contributed by atoms with van der Waals surface area (Å²) in [5, 5.41) is 8.41. The third kappa shape index (κ3) is 3.15. The first-order valence-electron chi connectivity index (χ1n) is 9.95. The Balaban J connectivity index is 1.56. The molecule has 0 spiro atoms. The highest BCUT2D eigenvalue weighted by Gasteiger charge is 2.17. The number of anilines is 2. The Labute approximate surface area is 173 Å². The fraction of sp³-hybridized carbons (Fsp3) is 0.273. The molecule has 5 rings (SSSR count). The highest BCUT2D eigenvalue weighted by atomic mass is 16.1. The number of aromatic amines is 1. The Bertz CT molecular complexity index is 1320. The van der Waals surface area contributed by atoms with Crippen molar-refractivity contribution in [2.24, 2.45) is 7.05 Å². The van der Waals surface area contributed by atoms with Crippen molar-refractivity contribution in [2.45, 2.75) is 19.9 Å². The number of rotatable bonds is 3. The smallest absolute Gasteiger partial charge is 0.271 e. The highest BCUT2D eigenvalue weighted by molar-refractivity contribution is 5.94. The third-order valence-electron chi connectivity index (χ3n) is 5.78. The number of likely N-dealkylation sites (N-methyl/N-ethyl adjacent to an activating group) is 1. The maximum absolute atomic E-state index is 12.6. The minimum Gasteiger partial charge on any atom is -0.324 e. The third-order valence-corrected chi connectivity index (χ3v) is 5.78. The molecule has 4 heterocycles. The molecule has 0 saturated heterocycles. The van der Waals surface area contributed by atoms with E-state index in [-0.39, 0.29) is 5.56 Å². The summed E-state index contributed by atoms with van der Waals surface area (Å²) in [5.41, 5.74) is 6.34. The number of fused-ring (bicyclic) bond motifs is 2. The topological polar surface area (TPSA) is 91.7 Å². The molecule has 3 aromatic heterocycles. The molecule has 8 nitrogen and oxygen atoms in total. The number of pyridine rings is 1. The van der Waals surface area contributed by atoms with Crippen LogP contribution in [0.3, 0.4) is 0 Å². The number of benzene rings is 1. The number of H-pyrrole nitrogens is 1. The predicted molar refractivity (Wildman–Crippen MR) is 117 cm³/mol. The first-order valence-corrected chi connectivity index (χ1v) is 9.95. The lowest BCUT2D eigenvalue weighted by Gasteiger charge is -2.24. The van der Waals surface area contributed by atoms with Crippen LogP contribution in [-0.2, 0) is 20.0 Å². The van der Waals surface area contributed by atoms with Crippen LogP contribution in [0.4, 0.5) is 11.6 Å². The van der Waals surface area contributed by atoms with Crippen LogP contribution >= 0.6 is 0 Å². The van der Waals surface area contributed by atoms with Crippen molar-refractivity contribution in [3.8, 4) is 11.1 Å². The van der Waals surface area contributed by atoms with Gasteiger partial charge in [0.15, 0.2) is 0 Å². The Hall–Kier alpha value is -3.52. The van der Waals surface area contributed by atoms with E-state index in [0.29, 0.717) is 11.6 Å². The summed E-state index contributed by atoms with van der Waals surface area (Å²) < 4.78 is 1.85. The Morgan fingerprint density at radius 3 is 2.83 bits per heavy atom. The van der Waals surface area contributed by atoms with Gasteiger partial charge in [0, 0.05) is 60.7 Å². The van der Waals surface area contributed by atoms with Crippen molar-refractivity contribution in [1.29, 1.82) is 0 Å². The molecule has 2 N–H and O–H groups in total. The average molecular weight is 401 g/mol. The number of para-hydroxylation sites is 1. The van der Waals surface area contributed by atoms with Gasteiger partial charge < -0.3 is 15.2 Å². The minimum atomic E-state index is -0.154. The lowest BCUT2D eigenvalue weighted by atomic mass is 10.0. The summed E-state index contributed by atoms with van der Waals surface area (Å²) in [5.74, 6) is 0.395. The second kappa shape index (κ2) is 7.07. The summed E-state index contributed by atoms with van der Waals surface area (Å²) in [7, 11) is 4.00. The van der Waals surface area contributed by atoms with Gasteiger partial charge in [0.05, 0.1) is 11.7 Å². The molecule has 0 unspecified atom stereocenters. The van der Waals surface area contributed by atoms with Crippen LogP contribution in [0.1, 0.15) is 17.0 Å². The fourth-order valence-electron chi connectivity index (χ4n) is 3.96. The zero-order valence-electron chi connectivity index (χ0n) is 17.2. The van der Waals surface area contributed by atoms with Gasteiger partial charge in [0.25, 0.3) is 5.56 Å². The minimum absolute atomic E-state index is 0.154. The maximum atomic E-state index is 12.6. The number of nitrogens with one attached hydrogen (secondary N) is 2. The SMILES string of the molecule is Cc1c(-c2cccc3cnc(Nc4cc5c([nH]c4=O)CCN(C)C5)nc23)cnn1C. The zero-order chi connectivity index (χ0) is 20.8. The van der Waals surface area contributed by atoms with E-state index in [0.717, 1.165) is 58.5 Å². The first-order chi connectivity index (χ1) is 14.5. The van der Waals surface area contributed by atoms with Crippen molar-refractivity contribution >= 4 is 22.5 Å². The number of hydrogen-bond donors (Lipinski definition) is 2. The van der Waals surface area contributed by atoms with Crippen LogP contribution in [0.25, 0.3) is 22.0 Å². The van der Waals surface area contributed by atoms with E-state index in [1.54, 1.807) is 6.20 Å². The van der Waals surface area contributed by atoms with Gasteiger partial charge in [-0.2, -0.15) is 5.10 Å². The van der Waals surface area contributed by atoms with Gasteiger partial charge in [0.2, 0.25) is 5.95 Å². The molecule has 0 fully saturated rings. The van der Waals surface area contributed by atoms with E-state index in [2.05, 4.69) is 32.3 Å². The van der Waals surface area contributed by atoms with Crippen LogP contribution < -0.4 is 10.9 Å².